The molecule has 2 heterocycles. The van der Waals surface area contributed by atoms with E-state index in [2.05, 4.69) is 23.8 Å². The third-order valence-corrected chi connectivity index (χ3v) is 5.20. The number of halogens is 1. The summed E-state index contributed by atoms with van der Waals surface area (Å²) in [4.78, 5) is 9.06. The molecule has 0 spiro atoms. The second-order valence-electron chi connectivity index (χ2n) is 6.98. The molecular formula is C23H20FN3. The summed E-state index contributed by atoms with van der Waals surface area (Å²) < 4.78 is 13.7. The number of benzene rings is 2. The molecule has 2 unspecified atom stereocenters. The van der Waals surface area contributed by atoms with Crippen LogP contribution < -0.4 is 0 Å². The predicted octanol–water partition coefficient (Wildman–Crippen LogP) is 5.91. The first kappa shape index (κ1) is 17.3. The highest BCUT2D eigenvalue weighted by atomic mass is 19.1. The first-order valence-corrected chi connectivity index (χ1v) is 9.03. The van der Waals surface area contributed by atoms with Crippen LogP contribution in [0.3, 0.4) is 0 Å². The van der Waals surface area contributed by atoms with E-state index < -0.39 is 0 Å². The molecule has 0 amide bonds. The Morgan fingerprint density at radius 1 is 0.926 bits per heavy atom. The fraction of sp³-hybridized carbons (Fsp3) is 0.174. The lowest BCUT2D eigenvalue weighted by Crippen LogP contribution is -2.18. The number of nitrogens with one attached hydrogen (secondary N) is 1. The highest BCUT2D eigenvalue weighted by Gasteiger charge is 2.23. The Labute approximate surface area is 158 Å². The first-order chi connectivity index (χ1) is 13.0. The maximum Gasteiger partial charge on any atom is 0.123 e. The monoisotopic (exact) mass is 357 g/mol. The SMILES string of the molecule is CC1C=Nc2ccc(-c3cccnc3-c3cccc(F)c3)cc2C(=N)C1C. The zero-order chi connectivity index (χ0) is 19.0. The van der Waals surface area contributed by atoms with Crippen LogP contribution in [0.4, 0.5) is 10.1 Å². The van der Waals surface area contributed by atoms with E-state index in [0.717, 1.165) is 33.6 Å². The van der Waals surface area contributed by atoms with Gasteiger partial charge in [0.15, 0.2) is 0 Å². The number of aliphatic imine (C=N–C) groups is 1. The quantitative estimate of drug-likeness (QED) is 0.609. The van der Waals surface area contributed by atoms with Gasteiger partial charge in [0.2, 0.25) is 0 Å². The van der Waals surface area contributed by atoms with E-state index in [4.69, 9.17) is 5.41 Å². The van der Waals surface area contributed by atoms with Crippen LogP contribution in [0.5, 0.6) is 0 Å². The summed E-state index contributed by atoms with van der Waals surface area (Å²) in [6.45, 7) is 4.14. The van der Waals surface area contributed by atoms with Crippen molar-refractivity contribution in [3.63, 3.8) is 0 Å². The summed E-state index contributed by atoms with van der Waals surface area (Å²) >= 11 is 0. The lowest BCUT2D eigenvalue weighted by molar-refractivity contribution is 0.628. The Morgan fingerprint density at radius 3 is 2.59 bits per heavy atom. The van der Waals surface area contributed by atoms with Crippen LogP contribution in [0.25, 0.3) is 22.4 Å². The molecule has 134 valence electrons. The fourth-order valence-corrected chi connectivity index (χ4v) is 3.37. The van der Waals surface area contributed by atoms with E-state index in [-0.39, 0.29) is 17.7 Å². The molecule has 4 heteroatoms. The summed E-state index contributed by atoms with van der Waals surface area (Å²) in [5, 5.41) is 8.61. The first-order valence-electron chi connectivity index (χ1n) is 9.03. The van der Waals surface area contributed by atoms with Crippen molar-refractivity contribution >= 4 is 17.6 Å². The van der Waals surface area contributed by atoms with Gasteiger partial charge in [0.1, 0.15) is 5.82 Å². The van der Waals surface area contributed by atoms with Crippen LogP contribution in [0.2, 0.25) is 0 Å². The largest absolute Gasteiger partial charge is 0.304 e. The van der Waals surface area contributed by atoms with Gasteiger partial charge in [-0.05, 0) is 41.8 Å². The average Bonchev–Trinajstić information content (AvgIpc) is 2.80. The van der Waals surface area contributed by atoms with Gasteiger partial charge >= 0.3 is 0 Å². The molecule has 1 aromatic heterocycles. The van der Waals surface area contributed by atoms with Crippen molar-refractivity contribution in [1.82, 2.24) is 4.98 Å². The normalized spacial score (nSPS) is 18.9. The number of rotatable bonds is 2. The van der Waals surface area contributed by atoms with E-state index >= 15 is 0 Å². The van der Waals surface area contributed by atoms with Crippen molar-refractivity contribution in [3.05, 3.63) is 72.2 Å². The van der Waals surface area contributed by atoms with Gasteiger partial charge in [0, 0.05) is 40.7 Å². The number of pyridine rings is 1. The van der Waals surface area contributed by atoms with Gasteiger partial charge in [-0.2, -0.15) is 0 Å². The van der Waals surface area contributed by atoms with Crippen molar-refractivity contribution in [2.45, 2.75) is 13.8 Å². The minimum absolute atomic E-state index is 0.0989. The van der Waals surface area contributed by atoms with Crippen molar-refractivity contribution in [2.24, 2.45) is 16.8 Å². The summed E-state index contributed by atoms with van der Waals surface area (Å²) in [7, 11) is 0. The lowest BCUT2D eigenvalue weighted by atomic mass is 9.87. The molecule has 4 rings (SSSR count). The van der Waals surface area contributed by atoms with E-state index in [1.807, 2.05) is 42.6 Å². The maximum atomic E-state index is 13.7. The number of hydrogen-bond donors (Lipinski definition) is 1. The van der Waals surface area contributed by atoms with Gasteiger partial charge in [0.05, 0.1) is 11.4 Å². The van der Waals surface area contributed by atoms with E-state index in [0.29, 0.717) is 5.71 Å². The molecular weight excluding hydrogens is 337 g/mol. The van der Waals surface area contributed by atoms with Crippen LogP contribution in [0.1, 0.15) is 19.4 Å². The summed E-state index contributed by atoms with van der Waals surface area (Å²) in [6.07, 6.45) is 3.64. The molecule has 2 aromatic carbocycles. The molecule has 1 N–H and O–H groups in total. The predicted molar refractivity (Wildman–Crippen MR) is 108 cm³/mol. The topological polar surface area (TPSA) is 49.1 Å². The fourth-order valence-electron chi connectivity index (χ4n) is 3.37. The highest BCUT2D eigenvalue weighted by Crippen LogP contribution is 2.35. The number of hydrogen-bond acceptors (Lipinski definition) is 3. The molecule has 1 aliphatic heterocycles. The molecule has 0 aliphatic carbocycles. The van der Waals surface area contributed by atoms with Crippen LogP contribution in [0, 0.1) is 23.1 Å². The lowest BCUT2D eigenvalue weighted by Gasteiger charge is -2.16. The van der Waals surface area contributed by atoms with E-state index in [1.54, 1.807) is 12.3 Å². The second kappa shape index (κ2) is 6.88. The molecule has 3 aromatic rings. The van der Waals surface area contributed by atoms with Gasteiger partial charge in [-0.3, -0.25) is 9.98 Å². The zero-order valence-corrected chi connectivity index (χ0v) is 15.3. The van der Waals surface area contributed by atoms with Crippen molar-refractivity contribution in [2.75, 3.05) is 0 Å². The summed E-state index contributed by atoms with van der Waals surface area (Å²) in [5.41, 5.74) is 5.56. The van der Waals surface area contributed by atoms with E-state index in [1.165, 1.54) is 12.1 Å². The minimum atomic E-state index is -0.287. The van der Waals surface area contributed by atoms with Crippen LogP contribution in [-0.2, 0) is 0 Å². The van der Waals surface area contributed by atoms with Crippen LogP contribution in [0.15, 0.2) is 65.8 Å². The molecule has 0 saturated heterocycles. The molecule has 2 atom stereocenters. The summed E-state index contributed by atoms with van der Waals surface area (Å²) in [5.74, 6) is 0.0291. The Morgan fingerprint density at radius 2 is 1.78 bits per heavy atom. The third kappa shape index (κ3) is 3.19. The van der Waals surface area contributed by atoms with Crippen molar-refractivity contribution < 1.29 is 4.39 Å². The Hall–Kier alpha value is -3.14. The number of aromatic nitrogens is 1. The number of fused-ring (bicyclic) bond motifs is 1. The Balaban J connectivity index is 1.86. The third-order valence-electron chi connectivity index (χ3n) is 5.20. The highest BCUT2D eigenvalue weighted by molar-refractivity contribution is 6.07. The molecule has 27 heavy (non-hydrogen) atoms. The van der Waals surface area contributed by atoms with Crippen molar-refractivity contribution in [3.8, 4) is 22.4 Å². The molecule has 0 radical (unpaired) electrons. The summed E-state index contributed by atoms with van der Waals surface area (Å²) in [6, 6.07) is 16.3. The van der Waals surface area contributed by atoms with Crippen LogP contribution in [-0.4, -0.2) is 16.9 Å². The second-order valence-corrected chi connectivity index (χ2v) is 6.98. The zero-order valence-electron chi connectivity index (χ0n) is 15.3. The molecule has 3 nitrogen and oxygen atoms in total. The minimum Gasteiger partial charge on any atom is -0.304 e. The van der Waals surface area contributed by atoms with Gasteiger partial charge in [-0.1, -0.05) is 38.1 Å². The number of nitrogens with zero attached hydrogens (tertiary/aromatic N) is 2. The van der Waals surface area contributed by atoms with Gasteiger partial charge in [-0.15, -0.1) is 0 Å². The maximum absolute atomic E-state index is 13.7. The van der Waals surface area contributed by atoms with Crippen LogP contribution >= 0.6 is 0 Å². The average molecular weight is 357 g/mol. The van der Waals surface area contributed by atoms with Gasteiger partial charge < -0.3 is 5.41 Å². The van der Waals surface area contributed by atoms with Gasteiger partial charge in [-0.25, -0.2) is 4.39 Å². The van der Waals surface area contributed by atoms with Gasteiger partial charge in [0.25, 0.3) is 0 Å². The molecule has 0 saturated carbocycles. The standard InChI is InChI=1S/C23H20FN3/c1-14-13-27-21-9-8-16(12-20(21)22(25)15(14)2)19-7-4-10-26-23(19)17-5-3-6-18(24)11-17/h3-15,25H,1-2H3. The molecule has 1 aliphatic rings. The smallest absolute Gasteiger partial charge is 0.123 e. The van der Waals surface area contributed by atoms with Crippen molar-refractivity contribution in [1.29, 1.82) is 5.41 Å². The molecule has 0 bridgehead atoms. The molecule has 0 fully saturated rings. The Bertz CT molecular complexity index is 1050. The van der Waals surface area contributed by atoms with E-state index in [9.17, 15) is 4.39 Å². The Kier molecular flexibility index (Phi) is 4.40.